The lowest BCUT2D eigenvalue weighted by molar-refractivity contribution is -0.140. The minimum Gasteiger partial charge on any atom is -0.480 e. The lowest BCUT2D eigenvalue weighted by atomic mass is 10.1. The van der Waals surface area contributed by atoms with Crippen LogP contribution in [0.15, 0.2) is 243 Å². The van der Waals surface area contributed by atoms with Gasteiger partial charge in [0.15, 0.2) is 0 Å². The second kappa shape index (κ2) is 70.4. The van der Waals surface area contributed by atoms with Crippen molar-refractivity contribution < 1.29 is 126 Å². The van der Waals surface area contributed by atoms with Gasteiger partial charge in [-0.05, 0) is 44.5 Å². The maximum absolute atomic E-state index is 13.4. The Morgan fingerprint density at radius 1 is 0.231 bits per heavy atom. The van der Waals surface area contributed by atoms with Crippen LogP contribution in [0.1, 0.15) is 44.5 Å². The van der Waals surface area contributed by atoms with Crippen molar-refractivity contribution in [3.8, 4) is 0 Å². The molecule has 1 amide bonds. The Bertz CT molecular complexity index is 4200. The van der Waals surface area contributed by atoms with Crippen molar-refractivity contribution in [1.29, 1.82) is 0 Å². The van der Waals surface area contributed by atoms with E-state index in [9.17, 15) is 69.6 Å². The number of benzene rings is 8. The largest absolute Gasteiger partial charge is 0.480 e. The SMILES string of the molecule is O=C(O)CN1CCN(CC(=O)O)CCN(CC(O)CN(CCN(CC(O)CN2CCN(CC(=O)O)CCN(C(=O)O)CCN(CC(=O)O)CC2)CC(COC(COCc2ccccc2)COCc2ccccc2)COC(COCc2ccccc2)COCc2ccccc2)CC(COC(COCc2ccccc2)COCc2ccccc2)COC(COCc2ccccc2)COCc2ccccc2)CCN(CC(=O)O)CC1. The van der Waals surface area contributed by atoms with E-state index in [1.54, 1.807) is 24.5 Å². The van der Waals surface area contributed by atoms with E-state index in [1.165, 1.54) is 0 Å². The van der Waals surface area contributed by atoms with Crippen LogP contribution in [0.4, 0.5) is 4.79 Å². The number of aliphatic carboxylic acids is 5. The normalized spacial score (nSPS) is 15.4. The summed E-state index contributed by atoms with van der Waals surface area (Å²) in [5.74, 6) is -6.65. The van der Waals surface area contributed by atoms with Gasteiger partial charge in [0.2, 0.25) is 0 Å². The van der Waals surface area contributed by atoms with Crippen LogP contribution in [0.3, 0.4) is 0 Å². The summed E-state index contributed by atoms with van der Waals surface area (Å²) in [5.41, 5.74) is 7.60. The number of aliphatic hydroxyl groups excluding tert-OH is 2. The van der Waals surface area contributed by atoms with E-state index >= 15 is 0 Å². The smallest absolute Gasteiger partial charge is 0.407 e. The summed E-state index contributed by atoms with van der Waals surface area (Å²) in [6.45, 7) is 3.95. The fraction of sp³-hybridized carbons (Fsp3) is 0.514. The number of carboxylic acids is 5. The summed E-state index contributed by atoms with van der Waals surface area (Å²) in [4.78, 5) is 93.3. The molecule has 8 aromatic carbocycles. The number of β-amino-alcohol motifs (C(OH)–C–C–N with tert-alkyl or cyclic N) is 2. The van der Waals surface area contributed by atoms with Gasteiger partial charge in [0, 0.05) is 169 Å². The van der Waals surface area contributed by atoms with Gasteiger partial charge in [0.25, 0.3) is 0 Å². The molecule has 0 bridgehead atoms. The zero-order valence-electron chi connectivity index (χ0n) is 84.8. The average molecular weight is 2040 g/mol. The van der Waals surface area contributed by atoms with Crippen molar-refractivity contribution in [2.45, 2.75) is 89.5 Å². The summed E-state index contributed by atoms with van der Waals surface area (Å²) in [5, 5.41) is 88.4. The standard InChI is InChI=1S/C111H154N10O26/c122-100(61-112-41-45-114(65-106(124)125)49-51-116(67-108(128)129)52-50-115(46-42-112)66-107(126)127)63-119(59-98(78-144-102(82-136-70-90-25-9-1-10-26-90)83-137-71-91-27-11-2-12-28-91)79-145-103(84-138-72-92-29-13-3-14-30-92)85-139-73-93-31-15-4-16-32-93)53-54-120(64-101(123)62-113-43-47-117(68-109(130)131)55-57-121(111(134)135)58-56-118(48-44-113)69-110(132)133)60-99(80-146-104(86-140-74-94-33-17-5-18-34-94)87-141-75-95-35-19-6-20-36-95)81-147-105(88-142-76-96-37-21-7-22-38-96)89-143-77-97-39-23-8-24-40-97/h1-40,98-105,122-123H,41-89H2,(H,124,125)(H,126,127)(H,128,129)(H,130,131)(H,132,133)(H,134,135). The minimum atomic E-state index is -1.23. The van der Waals surface area contributed by atoms with Crippen molar-refractivity contribution in [3.05, 3.63) is 287 Å². The topological polar surface area (TPSA) is 407 Å². The Morgan fingerprint density at radius 2 is 0.401 bits per heavy atom. The van der Waals surface area contributed by atoms with E-state index in [4.69, 9.17) is 56.8 Å². The van der Waals surface area contributed by atoms with E-state index in [-0.39, 0.29) is 309 Å². The van der Waals surface area contributed by atoms with E-state index in [0.29, 0.717) is 0 Å². The molecule has 147 heavy (non-hydrogen) atoms. The highest BCUT2D eigenvalue weighted by molar-refractivity contribution is 5.71. The van der Waals surface area contributed by atoms with Gasteiger partial charge < -0.3 is 103 Å². The Morgan fingerprint density at radius 3 is 0.571 bits per heavy atom. The Labute approximate surface area is 864 Å². The molecule has 2 saturated heterocycles. The first kappa shape index (κ1) is 118. The van der Waals surface area contributed by atoms with Crippen molar-refractivity contribution in [3.63, 3.8) is 0 Å². The number of rotatable bonds is 69. The molecular formula is C111H154N10O26. The van der Waals surface area contributed by atoms with Gasteiger partial charge in [-0.1, -0.05) is 243 Å². The van der Waals surface area contributed by atoms with Crippen molar-refractivity contribution in [1.82, 2.24) is 49.0 Å². The number of amides is 1. The van der Waals surface area contributed by atoms with Crippen LogP contribution in [-0.4, -0.2) is 431 Å². The number of aliphatic hydroxyl groups is 2. The molecule has 0 saturated carbocycles. The molecule has 2 aliphatic heterocycles. The molecular weight excluding hydrogens is 1890 g/mol. The lowest BCUT2D eigenvalue weighted by Gasteiger charge is -2.37. The second-order valence-corrected chi connectivity index (χ2v) is 37.6. The predicted molar refractivity (Wildman–Crippen MR) is 552 cm³/mol. The third kappa shape index (κ3) is 52.5. The lowest BCUT2D eigenvalue weighted by Crippen LogP contribution is -2.51. The van der Waals surface area contributed by atoms with E-state index in [1.807, 2.05) is 252 Å². The van der Waals surface area contributed by atoms with Crippen LogP contribution in [0, 0.1) is 11.8 Å². The highest BCUT2D eigenvalue weighted by Crippen LogP contribution is 2.20. The molecule has 0 radical (unpaired) electrons. The summed E-state index contributed by atoms with van der Waals surface area (Å²) in [7, 11) is 0. The second-order valence-electron chi connectivity index (χ2n) is 37.6. The van der Waals surface area contributed by atoms with Crippen LogP contribution in [0.2, 0.25) is 0 Å². The van der Waals surface area contributed by atoms with E-state index < -0.39 is 97.5 Å². The first-order chi connectivity index (χ1) is 71.6. The Balaban J connectivity index is 1.07. The minimum absolute atomic E-state index is 0.00249. The fourth-order valence-electron chi connectivity index (χ4n) is 17.3. The molecule has 36 heteroatoms. The van der Waals surface area contributed by atoms with Crippen LogP contribution in [-0.2, 0) is 134 Å². The monoisotopic (exact) mass is 2040 g/mol. The maximum atomic E-state index is 13.4. The zero-order valence-corrected chi connectivity index (χ0v) is 84.8. The quantitative estimate of drug-likeness (QED) is 0.0177. The Hall–Kier alpha value is -10.5. The van der Waals surface area contributed by atoms with Gasteiger partial charge >= 0.3 is 35.9 Å². The van der Waals surface area contributed by atoms with Gasteiger partial charge in [-0.25, -0.2) is 4.79 Å². The number of hydrogen-bond acceptors (Lipinski definition) is 29. The van der Waals surface area contributed by atoms with Crippen molar-refractivity contribution in [2.24, 2.45) is 11.8 Å². The molecule has 2 unspecified atom stereocenters. The molecule has 2 atom stereocenters. The molecule has 2 fully saturated rings. The maximum Gasteiger partial charge on any atom is 0.407 e. The Kier molecular flexibility index (Phi) is 56.7. The van der Waals surface area contributed by atoms with Crippen LogP contribution in [0.5, 0.6) is 0 Å². The molecule has 0 aromatic heterocycles. The number of ether oxygens (including phenoxy) is 12. The molecule has 0 aliphatic carbocycles. The number of nitrogens with zero attached hydrogens (tertiary/aromatic N) is 10. The van der Waals surface area contributed by atoms with Crippen molar-refractivity contribution >= 4 is 35.9 Å². The van der Waals surface area contributed by atoms with Crippen LogP contribution < -0.4 is 0 Å². The number of hydrogen-bond donors (Lipinski definition) is 8. The van der Waals surface area contributed by atoms with E-state index in [0.717, 1.165) is 49.4 Å². The fourth-order valence-corrected chi connectivity index (χ4v) is 17.3. The molecule has 804 valence electrons. The summed E-state index contributed by atoms with van der Waals surface area (Å²) in [6, 6.07) is 78.5. The molecule has 36 nitrogen and oxygen atoms in total. The van der Waals surface area contributed by atoms with E-state index in [2.05, 4.69) is 9.80 Å². The first-order valence-corrected chi connectivity index (χ1v) is 50.9. The van der Waals surface area contributed by atoms with Gasteiger partial charge in [-0.2, -0.15) is 0 Å². The van der Waals surface area contributed by atoms with Crippen LogP contribution in [0.25, 0.3) is 0 Å². The highest BCUT2D eigenvalue weighted by Gasteiger charge is 2.32. The zero-order chi connectivity index (χ0) is 104. The number of carbonyl (C=O) groups is 6. The van der Waals surface area contributed by atoms with Crippen LogP contribution >= 0.6 is 0 Å². The predicted octanol–water partition coefficient (Wildman–Crippen LogP) is 8.36. The number of carboxylic acid groups (broad SMARTS) is 6. The molecule has 8 aromatic rings. The first-order valence-electron chi connectivity index (χ1n) is 50.9. The summed E-state index contributed by atoms with van der Waals surface area (Å²) < 4.78 is 80.7. The third-order valence-corrected chi connectivity index (χ3v) is 25.1. The molecule has 0 spiro atoms. The highest BCUT2D eigenvalue weighted by atomic mass is 16.6. The molecule has 8 N–H and O–H groups in total. The summed E-state index contributed by atoms with van der Waals surface area (Å²) >= 11 is 0. The van der Waals surface area contributed by atoms with Gasteiger partial charge in [0.05, 0.1) is 177 Å². The summed E-state index contributed by atoms with van der Waals surface area (Å²) in [6.07, 6.45) is -6.25. The van der Waals surface area contributed by atoms with Gasteiger partial charge in [0.1, 0.15) is 24.4 Å². The van der Waals surface area contributed by atoms with Gasteiger partial charge in [-0.15, -0.1) is 0 Å². The molecule has 2 heterocycles. The van der Waals surface area contributed by atoms with Gasteiger partial charge in [-0.3, -0.25) is 68.1 Å². The third-order valence-electron chi connectivity index (χ3n) is 25.1. The average Bonchev–Trinajstić information content (AvgIpc) is 0.875. The molecule has 2 aliphatic rings. The van der Waals surface area contributed by atoms with Crippen molar-refractivity contribution in [2.75, 3.05) is 269 Å². The molecule has 10 rings (SSSR count).